The first-order valence-corrected chi connectivity index (χ1v) is 6.74. The monoisotopic (exact) mass is 223 g/mol. The third kappa shape index (κ3) is 2.11. The Morgan fingerprint density at radius 1 is 1.38 bits per heavy atom. The molecule has 0 aromatic heterocycles. The standard InChI is InChI=1S/C14H25NO/c1-4-13(2,3)11-5-7-14(8-6-11)9-12(16)15-10-14/h11H,4-10H2,1-3H3,(H,15,16). The number of hydrogen-bond acceptors (Lipinski definition) is 1. The SMILES string of the molecule is CCC(C)(C)C1CCC2(CC1)CNC(=O)C2. The molecule has 0 unspecified atom stereocenters. The fourth-order valence-corrected chi connectivity index (χ4v) is 3.41. The van der Waals surface area contributed by atoms with E-state index in [1.54, 1.807) is 0 Å². The largest absolute Gasteiger partial charge is 0.356 e. The van der Waals surface area contributed by atoms with Gasteiger partial charge in [-0.1, -0.05) is 27.2 Å². The molecule has 2 heteroatoms. The first-order valence-electron chi connectivity index (χ1n) is 6.74. The molecule has 1 spiro atoms. The summed E-state index contributed by atoms with van der Waals surface area (Å²) in [4.78, 5) is 11.3. The molecular weight excluding hydrogens is 198 g/mol. The zero-order valence-electron chi connectivity index (χ0n) is 10.9. The van der Waals surface area contributed by atoms with Gasteiger partial charge in [-0.05, 0) is 42.4 Å². The van der Waals surface area contributed by atoms with Crippen molar-refractivity contribution in [3.8, 4) is 0 Å². The lowest BCUT2D eigenvalue weighted by molar-refractivity contribution is -0.119. The molecule has 2 aliphatic rings. The first-order chi connectivity index (χ1) is 7.47. The maximum atomic E-state index is 11.3. The van der Waals surface area contributed by atoms with E-state index in [1.807, 2.05) is 0 Å². The van der Waals surface area contributed by atoms with Crippen LogP contribution in [0.1, 0.15) is 59.3 Å². The first kappa shape index (κ1) is 11.9. The molecule has 1 amide bonds. The Labute approximate surface area is 99.2 Å². The van der Waals surface area contributed by atoms with Crippen LogP contribution in [0.4, 0.5) is 0 Å². The molecule has 0 atom stereocenters. The molecule has 16 heavy (non-hydrogen) atoms. The van der Waals surface area contributed by atoms with Gasteiger partial charge in [-0.3, -0.25) is 4.79 Å². The normalized spacial score (nSPS) is 35.4. The lowest BCUT2D eigenvalue weighted by atomic mass is 9.62. The van der Waals surface area contributed by atoms with E-state index in [0.29, 0.717) is 10.8 Å². The van der Waals surface area contributed by atoms with E-state index in [4.69, 9.17) is 0 Å². The highest BCUT2D eigenvalue weighted by Crippen LogP contribution is 2.49. The van der Waals surface area contributed by atoms with Gasteiger partial charge >= 0.3 is 0 Å². The molecule has 1 aliphatic heterocycles. The summed E-state index contributed by atoms with van der Waals surface area (Å²) in [5.74, 6) is 1.13. The Morgan fingerprint density at radius 2 is 2.00 bits per heavy atom. The number of carbonyl (C=O) groups is 1. The van der Waals surface area contributed by atoms with Crippen molar-refractivity contribution in [1.29, 1.82) is 0 Å². The molecular formula is C14H25NO. The third-order valence-corrected chi connectivity index (χ3v) is 5.26. The van der Waals surface area contributed by atoms with Crippen LogP contribution in [0.2, 0.25) is 0 Å². The fraction of sp³-hybridized carbons (Fsp3) is 0.929. The molecule has 92 valence electrons. The molecule has 0 radical (unpaired) electrons. The zero-order chi connectivity index (χ0) is 11.8. The maximum Gasteiger partial charge on any atom is 0.220 e. The summed E-state index contributed by atoms with van der Waals surface area (Å²) in [6, 6.07) is 0. The molecule has 2 fully saturated rings. The number of amides is 1. The summed E-state index contributed by atoms with van der Waals surface area (Å²) in [7, 11) is 0. The molecule has 0 bridgehead atoms. The Hall–Kier alpha value is -0.530. The summed E-state index contributed by atoms with van der Waals surface area (Å²) in [5, 5.41) is 3.01. The van der Waals surface area contributed by atoms with Crippen LogP contribution in [0.25, 0.3) is 0 Å². The summed E-state index contributed by atoms with van der Waals surface area (Å²) < 4.78 is 0. The van der Waals surface area contributed by atoms with Crippen molar-refractivity contribution in [1.82, 2.24) is 5.32 Å². The van der Waals surface area contributed by atoms with Gasteiger partial charge in [0.25, 0.3) is 0 Å². The number of nitrogens with one attached hydrogen (secondary N) is 1. The Balaban J connectivity index is 1.94. The van der Waals surface area contributed by atoms with Crippen LogP contribution in [0.3, 0.4) is 0 Å². The molecule has 0 aromatic rings. The molecule has 0 aromatic carbocycles. The minimum Gasteiger partial charge on any atom is -0.356 e. The van der Waals surface area contributed by atoms with Crippen molar-refractivity contribution in [3.05, 3.63) is 0 Å². The van der Waals surface area contributed by atoms with Crippen molar-refractivity contribution in [2.75, 3.05) is 6.54 Å². The van der Waals surface area contributed by atoms with E-state index in [1.165, 1.54) is 32.1 Å². The van der Waals surface area contributed by atoms with Crippen LogP contribution in [0, 0.1) is 16.7 Å². The second-order valence-corrected chi connectivity index (χ2v) is 6.57. The quantitative estimate of drug-likeness (QED) is 0.765. The van der Waals surface area contributed by atoms with E-state index >= 15 is 0 Å². The van der Waals surface area contributed by atoms with Gasteiger partial charge in [0.2, 0.25) is 5.91 Å². The maximum absolute atomic E-state index is 11.3. The molecule has 1 saturated heterocycles. The van der Waals surface area contributed by atoms with Gasteiger partial charge in [-0.2, -0.15) is 0 Å². The lowest BCUT2D eigenvalue weighted by Gasteiger charge is -2.42. The van der Waals surface area contributed by atoms with E-state index < -0.39 is 0 Å². The van der Waals surface area contributed by atoms with Crippen molar-refractivity contribution in [3.63, 3.8) is 0 Å². The summed E-state index contributed by atoms with van der Waals surface area (Å²) >= 11 is 0. The number of carbonyl (C=O) groups excluding carboxylic acids is 1. The number of rotatable bonds is 2. The molecule has 1 heterocycles. The zero-order valence-corrected chi connectivity index (χ0v) is 10.9. The highest BCUT2D eigenvalue weighted by atomic mass is 16.1. The molecule has 1 aliphatic carbocycles. The van der Waals surface area contributed by atoms with Gasteiger partial charge in [0.05, 0.1) is 0 Å². The smallest absolute Gasteiger partial charge is 0.220 e. The summed E-state index contributed by atoms with van der Waals surface area (Å²) in [6.45, 7) is 8.03. The van der Waals surface area contributed by atoms with Crippen molar-refractivity contribution >= 4 is 5.91 Å². The van der Waals surface area contributed by atoms with Crippen LogP contribution < -0.4 is 5.32 Å². The highest BCUT2D eigenvalue weighted by molar-refractivity contribution is 5.79. The topological polar surface area (TPSA) is 29.1 Å². The van der Waals surface area contributed by atoms with Crippen LogP contribution >= 0.6 is 0 Å². The van der Waals surface area contributed by atoms with Gasteiger partial charge in [0.1, 0.15) is 0 Å². The minimum atomic E-state index is 0.271. The molecule has 1 saturated carbocycles. The lowest BCUT2D eigenvalue weighted by Crippen LogP contribution is -2.34. The molecule has 2 nitrogen and oxygen atoms in total. The third-order valence-electron chi connectivity index (χ3n) is 5.26. The average molecular weight is 223 g/mol. The van der Waals surface area contributed by atoms with Gasteiger partial charge in [0, 0.05) is 13.0 Å². The van der Waals surface area contributed by atoms with Gasteiger partial charge in [-0.15, -0.1) is 0 Å². The second kappa shape index (κ2) is 4.05. The predicted molar refractivity (Wildman–Crippen MR) is 66.1 cm³/mol. The van der Waals surface area contributed by atoms with Gasteiger partial charge in [0.15, 0.2) is 0 Å². The van der Waals surface area contributed by atoms with Crippen molar-refractivity contribution < 1.29 is 4.79 Å². The van der Waals surface area contributed by atoms with E-state index in [-0.39, 0.29) is 5.91 Å². The van der Waals surface area contributed by atoms with E-state index in [9.17, 15) is 4.79 Å². The van der Waals surface area contributed by atoms with Crippen LogP contribution in [0.5, 0.6) is 0 Å². The highest BCUT2D eigenvalue weighted by Gasteiger charge is 2.43. The van der Waals surface area contributed by atoms with Crippen LogP contribution in [-0.4, -0.2) is 12.5 Å². The average Bonchev–Trinajstić information content (AvgIpc) is 2.61. The Morgan fingerprint density at radius 3 is 2.44 bits per heavy atom. The van der Waals surface area contributed by atoms with E-state index in [2.05, 4.69) is 26.1 Å². The molecule has 2 rings (SSSR count). The van der Waals surface area contributed by atoms with Gasteiger partial charge in [-0.25, -0.2) is 0 Å². The fourth-order valence-electron chi connectivity index (χ4n) is 3.41. The van der Waals surface area contributed by atoms with Crippen LogP contribution in [0.15, 0.2) is 0 Å². The summed E-state index contributed by atoms with van der Waals surface area (Å²) in [6.07, 6.45) is 7.18. The van der Waals surface area contributed by atoms with Crippen LogP contribution in [-0.2, 0) is 4.79 Å². The van der Waals surface area contributed by atoms with Crippen molar-refractivity contribution in [2.24, 2.45) is 16.7 Å². The predicted octanol–water partition coefficient (Wildman–Crippen LogP) is 3.12. The van der Waals surface area contributed by atoms with E-state index in [0.717, 1.165) is 18.9 Å². The second-order valence-electron chi connectivity index (χ2n) is 6.57. The Bertz CT molecular complexity index is 274. The number of hydrogen-bond donors (Lipinski definition) is 1. The Kier molecular flexibility index (Phi) is 3.02. The minimum absolute atomic E-state index is 0.271. The summed E-state index contributed by atoms with van der Waals surface area (Å²) in [5.41, 5.74) is 0.815. The van der Waals surface area contributed by atoms with Crippen molar-refractivity contribution in [2.45, 2.75) is 59.3 Å². The van der Waals surface area contributed by atoms with Gasteiger partial charge < -0.3 is 5.32 Å². The molecule has 1 N–H and O–H groups in total.